The zero-order chi connectivity index (χ0) is 12.3. The Morgan fingerprint density at radius 2 is 2.31 bits per heavy atom. The molecule has 7 heteroatoms. The Kier molecular flexibility index (Phi) is 4.52. The molecule has 0 radical (unpaired) electrons. The summed E-state index contributed by atoms with van der Waals surface area (Å²) in [5.74, 6) is 0.0651. The van der Waals surface area contributed by atoms with Crippen molar-refractivity contribution in [2.24, 2.45) is 0 Å². The minimum atomic E-state index is -0.706. The Hall–Kier alpha value is -0.850. The van der Waals surface area contributed by atoms with Crippen LogP contribution in [0.2, 0.25) is 5.02 Å². The highest BCUT2D eigenvalue weighted by Crippen LogP contribution is 2.37. The largest absolute Gasteiger partial charge is 0.483 e. The molecule has 0 saturated heterocycles. The molecule has 1 rings (SSSR count). The quantitative estimate of drug-likeness (QED) is 0.685. The van der Waals surface area contributed by atoms with Crippen LogP contribution in [0.3, 0.4) is 0 Å². The van der Waals surface area contributed by atoms with Crippen molar-refractivity contribution >= 4 is 33.2 Å². The van der Waals surface area contributed by atoms with Crippen molar-refractivity contribution in [1.29, 1.82) is 0 Å². The summed E-state index contributed by atoms with van der Waals surface area (Å²) in [5, 5.41) is 20.0. The summed E-state index contributed by atoms with van der Waals surface area (Å²) in [4.78, 5) is 10.2. The fourth-order valence-electron chi connectivity index (χ4n) is 1.03. The van der Waals surface area contributed by atoms with Gasteiger partial charge in [-0.1, -0.05) is 11.6 Å². The molecule has 0 saturated carbocycles. The first-order valence-electron chi connectivity index (χ1n) is 4.36. The summed E-state index contributed by atoms with van der Waals surface area (Å²) >= 11 is 8.81. The second-order valence-corrected chi connectivity index (χ2v) is 4.44. The van der Waals surface area contributed by atoms with Crippen LogP contribution in [0.15, 0.2) is 16.6 Å². The molecule has 16 heavy (non-hydrogen) atoms. The van der Waals surface area contributed by atoms with Crippen molar-refractivity contribution in [3.05, 3.63) is 31.7 Å². The van der Waals surface area contributed by atoms with Crippen molar-refractivity contribution in [2.75, 3.05) is 6.61 Å². The standard InChI is InChI=1S/C9H9BrClNO4/c1-5(13)4-16-9-7(10)2-6(11)3-8(9)12(14)15/h2-3,5,13H,4H2,1H3. The van der Waals surface area contributed by atoms with Crippen molar-refractivity contribution in [2.45, 2.75) is 13.0 Å². The van der Waals surface area contributed by atoms with Crippen LogP contribution < -0.4 is 4.74 Å². The summed E-state index contributed by atoms with van der Waals surface area (Å²) in [6, 6.07) is 2.69. The number of aliphatic hydroxyl groups excluding tert-OH is 1. The van der Waals surface area contributed by atoms with Crippen LogP contribution in [0.5, 0.6) is 5.75 Å². The molecule has 0 aliphatic carbocycles. The minimum Gasteiger partial charge on any atom is -0.483 e. The zero-order valence-electron chi connectivity index (χ0n) is 8.31. The lowest BCUT2D eigenvalue weighted by atomic mass is 10.3. The van der Waals surface area contributed by atoms with Gasteiger partial charge in [-0.05, 0) is 28.9 Å². The van der Waals surface area contributed by atoms with Crippen LogP contribution >= 0.6 is 27.5 Å². The van der Waals surface area contributed by atoms with Gasteiger partial charge in [0.1, 0.15) is 6.61 Å². The summed E-state index contributed by atoms with van der Waals surface area (Å²) in [7, 11) is 0. The highest BCUT2D eigenvalue weighted by atomic mass is 79.9. The van der Waals surface area contributed by atoms with Crippen molar-refractivity contribution in [3.8, 4) is 5.75 Å². The molecular weight excluding hydrogens is 301 g/mol. The third-order valence-corrected chi connectivity index (χ3v) is 2.46. The predicted octanol–water partition coefficient (Wildman–Crippen LogP) is 2.77. The third kappa shape index (κ3) is 3.33. The Bertz CT molecular complexity index is 411. The van der Waals surface area contributed by atoms with Gasteiger partial charge >= 0.3 is 5.69 Å². The summed E-state index contributed by atoms with van der Waals surface area (Å²) in [6.07, 6.45) is -0.706. The van der Waals surface area contributed by atoms with Crippen LogP contribution in [0.1, 0.15) is 6.92 Å². The van der Waals surface area contributed by atoms with Gasteiger partial charge in [0.15, 0.2) is 0 Å². The topological polar surface area (TPSA) is 72.6 Å². The maximum absolute atomic E-state index is 10.8. The molecule has 0 aromatic heterocycles. The lowest BCUT2D eigenvalue weighted by Crippen LogP contribution is -2.13. The van der Waals surface area contributed by atoms with Crippen LogP contribution in [0.4, 0.5) is 5.69 Å². The average Bonchev–Trinajstić information content (AvgIpc) is 2.14. The van der Waals surface area contributed by atoms with Crippen molar-refractivity contribution < 1.29 is 14.8 Å². The number of ether oxygens (including phenoxy) is 1. The number of nitrogens with zero attached hydrogens (tertiary/aromatic N) is 1. The Morgan fingerprint density at radius 1 is 1.69 bits per heavy atom. The lowest BCUT2D eigenvalue weighted by molar-refractivity contribution is -0.386. The highest BCUT2D eigenvalue weighted by Gasteiger charge is 2.20. The Balaban J connectivity index is 3.09. The van der Waals surface area contributed by atoms with E-state index in [2.05, 4.69) is 15.9 Å². The maximum atomic E-state index is 10.8. The number of rotatable bonds is 4. The molecule has 0 fully saturated rings. The van der Waals surface area contributed by atoms with Crippen LogP contribution in [0, 0.1) is 10.1 Å². The van der Waals surface area contributed by atoms with E-state index in [1.807, 2.05) is 0 Å². The normalized spacial score (nSPS) is 12.2. The second kappa shape index (κ2) is 5.47. The first kappa shape index (κ1) is 13.2. The van der Waals surface area contributed by atoms with E-state index in [1.165, 1.54) is 19.1 Å². The minimum absolute atomic E-state index is 0.0267. The summed E-state index contributed by atoms with van der Waals surface area (Å²) in [5.41, 5.74) is -0.236. The molecule has 1 unspecified atom stereocenters. The Labute approximate surface area is 105 Å². The molecule has 1 atom stereocenters. The Morgan fingerprint density at radius 3 is 2.81 bits per heavy atom. The third-order valence-electron chi connectivity index (χ3n) is 1.65. The second-order valence-electron chi connectivity index (χ2n) is 3.15. The average molecular weight is 311 g/mol. The van der Waals surface area contributed by atoms with Gasteiger partial charge in [0.05, 0.1) is 15.5 Å². The number of hydrogen-bond acceptors (Lipinski definition) is 4. The number of nitro benzene ring substituents is 1. The highest BCUT2D eigenvalue weighted by molar-refractivity contribution is 9.10. The molecule has 0 aliphatic heterocycles. The maximum Gasteiger partial charge on any atom is 0.313 e. The van der Waals surface area contributed by atoms with Crippen molar-refractivity contribution in [1.82, 2.24) is 0 Å². The predicted molar refractivity (Wildman–Crippen MR) is 63.0 cm³/mol. The van der Waals surface area contributed by atoms with Gasteiger partial charge in [-0.15, -0.1) is 0 Å². The number of benzene rings is 1. The smallest absolute Gasteiger partial charge is 0.313 e. The van der Waals surface area contributed by atoms with Gasteiger partial charge in [-0.2, -0.15) is 0 Å². The molecule has 1 N–H and O–H groups in total. The van der Waals surface area contributed by atoms with Crippen molar-refractivity contribution in [3.63, 3.8) is 0 Å². The fraction of sp³-hybridized carbons (Fsp3) is 0.333. The molecule has 0 amide bonds. The molecule has 0 aliphatic rings. The fourth-order valence-corrected chi connectivity index (χ4v) is 1.94. The molecule has 0 heterocycles. The van der Waals surface area contributed by atoms with E-state index in [0.717, 1.165) is 0 Å². The SMILES string of the molecule is CC(O)COc1c(Br)cc(Cl)cc1[N+](=O)[O-]. The molecule has 88 valence electrons. The van der Waals surface area contributed by atoms with E-state index >= 15 is 0 Å². The van der Waals surface area contributed by atoms with Crippen LogP contribution in [0.25, 0.3) is 0 Å². The van der Waals surface area contributed by atoms with Gasteiger partial charge in [0, 0.05) is 11.1 Å². The van der Waals surface area contributed by atoms with Gasteiger partial charge in [0.25, 0.3) is 0 Å². The number of hydrogen-bond donors (Lipinski definition) is 1. The number of aliphatic hydroxyl groups is 1. The molecule has 1 aromatic carbocycles. The van der Waals surface area contributed by atoms with Gasteiger partial charge in [0.2, 0.25) is 5.75 Å². The first-order chi connectivity index (χ1) is 7.41. The number of nitro groups is 1. The molecule has 1 aromatic rings. The number of halogens is 2. The van der Waals surface area contributed by atoms with Crippen LogP contribution in [-0.2, 0) is 0 Å². The summed E-state index contributed by atoms with van der Waals surface area (Å²) in [6.45, 7) is 1.50. The molecule has 5 nitrogen and oxygen atoms in total. The van der Waals surface area contributed by atoms with E-state index in [9.17, 15) is 10.1 Å². The van der Waals surface area contributed by atoms with Gasteiger partial charge < -0.3 is 9.84 Å². The molecule has 0 spiro atoms. The monoisotopic (exact) mass is 309 g/mol. The molecular formula is C9H9BrClNO4. The van der Waals surface area contributed by atoms with Crippen LogP contribution in [-0.4, -0.2) is 22.7 Å². The van der Waals surface area contributed by atoms with E-state index in [-0.39, 0.29) is 23.1 Å². The first-order valence-corrected chi connectivity index (χ1v) is 5.53. The molecule has 0 bridgehead atoms. The lowest BCUT2D eigenvalue weighted by Gasteiger charge is -2.10. The van der Waals surface area contributed by atoms with E-state index in [4.69, 9.17) is 21.4 Å². The zero-order valence-corrected chi connectivity index (χ0v) is 10.7. The van der Waals surface area contributed by atoms with Gasteiger partial charge in [-0.25, -0.2) is 0 Å². The van der Waals surface area contributed by atoms with E-state index < -0.39 is 11.0 Å². The summed E-state index contributed by atoms with van der Waals surface area (Å²) < 4.78 is 5.53. The van der Waals surface area contributed by atoms with E-state index in [0.29, 0.717) is 4.47 Å². The van der Waals surface area contributed by atoms with E-state index in [1.54, 1.807) is 0 Å². The van der Waals surface area contributed by atoms with Gasteiger partial charge in [-0.3, -0.25) is 10.1 Å².